The molecule has 0 heterocycles. The molecule has 1 atom stereocenters. The van der Waals surface area contributed by atoms with Gasteiger partial charge < -0.3 is 15.8 Å². The molecular formula is C10H11N3O2. The van der Waals surface area contributed by atoms with Crippen molar-refractivity contribution in [2.45, 2.75) is 6.04 Å². The van der Waals surface area contributed by atoms with Gasteiger partial charge in [-0.05, 0) is 24.3 Å². The zero-order valence-corrected chi connectivity index (χ0v) is 8.23. The number of carbonyl (C=O) groups excluding carboxylic acids is 1. The Kier molecular flexibility index (Phi) is 3.66. The van der Waals surface area contributed by atoms with Crippen LogP contribution in [0.15, 0.2) is 24.3 Å². The lowest BCUT2D eigenvalue weighted by molar-refractivity contribution is -0.116. The minimum Gasteiger partial charge on any atom is -0.497 e. The molecule has 3 N–H and O–H groups in total. The SMILES string of the molecule is COc1ccc(NC(=O)[C@@H](N)C#N)cc1. The van der Waals surface area contributed by atoms with Crippen LogP contribution in [0.5, 0.6) is 5.75 Å². The highest BCUT2D eigenvalue weighted by Gasteiger charge is 2.11. The number of hydrogen-bond acceptors (Lipinski definition) is 4. The van der Waals surface area contributed by atoms with Gasteiger partial charge in [-0.2, -0.15) is 5.26 Å². The second kappa shape index (κ2) is 4.98. The first kappa shape index (κ1) is 11.0. The molecule has 15 heavy (non-hydrogen) atoms. The van der Waals surface area contributed by atoms with E-state index < -0.39 is 11.9 Å². The summed E-state index contributed by atoms with van der Waals surface area (Å²) in [6.07, 6.45) is 0. The fourth-order valence-electron chi connectivity index (χ4n) is 0.953. The molecule has 0 radical (unpaired) electrons. The van der Waals surface area contributed by atoms with E-state index in [4.69, 9.17) is 15.7 Å². The van der Waals surface area contributed by atoms with Crippen molar-refractivity contribution in [3.8, 4) is 11.8 Å². The number of anilines is 1. The number of nitrogens with zero attached hydrogens (tertiary/aromatic N) is 1. The predicted octanol–water partition coefficient (Wildman–Crippen LogP) is 0.485. The van der Waals surface area contributed by atoms with Crippen molar-refractivity contribution in [1.29, 1.82) is 5.26 Å². The first-order chi connectivity index (χ1) is 7.17. The van der Waals surface area contributed by atoms with E-state index in [1.54, 1.807) is 37.4 Å². The number of nitrogens with one attached hydrogen (secondary N) is 1. The van der Waals surface area contributed by atoms with Crippen LogP contribution in [0.1, 0.15) is 0 Å². The van der Waals surface area contributed by atoms with Gasteiger partial charge in [-0.1, -0.05) is 0 Å². The molecule has 1 rings (SSSR count). The van der Waals surface area contributed by atoms with Crippen LogP contribution in [-0.2, 0) is 4.79 Å². The number of benzene rings is 1. The summed E-state index contributed by atoms with van der Waals surface area (Å²) in [6.45, 7) is 0. The third-order valence-electron chi connectivity index (χ3n) is 1.78. The Morgan fingerprint density at radius 3 is 2.60 bits per heavy atom. The molecule has 5 nitrogen and oxygen atoms in total. The van der Waals surface area contributed by atoms with Crippen LogP contribution in [0.4, 0.5) is 5.69 Å². The third kappa shape index (κ3) is 2.97. The Bertz CT molecular complexity index is 381. The monoisotopic (exact) mass is 205 g/mol. The lowest BCUT2D eigenvalue weighted by Crippen LogP contribution is -2.33. The topological polar surface area (TPSA) is 88.1 Å². The maximum atomic E-state index is 11.2. The predicted molar refractivity (Wildman–Crippen MR) is 55.2 cm³/mol. The van der Waals surface area contributed by atoms with E-state index in [0.29, 0.717) is 11.4 Å². The van der Waals surface area contributed by atoms with E-state index in [9.17, 15) is 4.79 Å². The zero-order valence-electron chi connectivity index (χ0n) is 8.23. The first-order valence-electron chi connectivity index (χ1n) is 4.27. The van der Waals surface area contributed by atoms with Gasteiger partial charge in [-0.25, -0.2) is 0 Å². The van der Waals surface area contributed by atoms with Gasteiger partial charge in [0, 0.05) is 5.69 Å². The van der Waals surface area contributed by atoms with Crippen molar-refractivity contribution in [2.24, 2.45) is 5.73 Å². The van der Waals surface area contributed by atoms with Crippen LogP contribution in [0.2, 0.25) is 0 Å². The molecule has 0 aliphatic heterocycles. The third-order valence-corrected chi connectivity index (χ3v) is 1.78. The summed E-state index contributed by atoms with van der Waals surface area (Å²) >= 11 is 0. The van der Waals surface area contributed by atoms with Gasteiger partial charge in [0.05, 0.1) is 13.2 Å². The highest BCUT2D eigenvalue weighted by atomic mass is 16.5. The largest absolute Gasteiger partial charge is 0.497 e. The van der Waals surface area contributed by atoms with Crippen molar-refractivity contribution in [3.63, 3.8) is 0 Å². The Balaban J connectivity index is 2.66. The number of nitrogens with two attached hydrogens (primary N) is 1. The number of nitriles is 1. The molecule has 0 aliphatic rings. The fourth-order valence-corrected chi connectivity index (χ4v) is 0.953. The van der Waals surface area contributed by atoms with Crippen LogP contribution in [0.3, 0.4) is 0 Å². The molecule has 0 saturated heterocycles. The van der Waals surface area contributed by atoms with E-state index in [1.165, 1.54) is 0 Å². The number of rotatable bonds is 3. The average Bonchev–Trinajstić information content (AvgIpc) is 2.29. The number of carbonyl (C=O) groups is 1. The molecule has 1 aromatic rings. The summed E-state index contributed by atoms with van der Waals surface area (Å²) < 4.78 is 4.95. The van der Waals surface area contributed by atoms with Gasteiger partial charge in [0.25, 0.3) is 5.91 Å². The molecule has 1 amide bonds. The highest BCUT2D eigenvalue weighted by Crippen LogP contribution is 2.14. The summed E-state index contributed by atoms with van der Waals surface area (Å²) in [6, 6.07) is 7.24. The van der Waals surface area contributed by atoms with Crippen LogP contribution in [0.25, 0.3) is 0 Å². The summed E-state index contributed by atoms with van der Waals surface area (Å²) in [4.78, 5) is 11.2. The molecule has 0 fully saturated rings. The van der Waals surface area contributed by atoms with Gasteiger partial charge in [0.1, 0.15) is 5.75 Å². The van der Waals surface area contributed by atoms with Crippen molar-refractivity contribution in [1.82, 2.24) is 0 Å². The van der Waals surface area contributed by atoms with Crippen molar-refractivity contribution in [2.75, 3.05) is 12.4 Å². The van der Waals surface area contributed by atoms with Crippen molar-refractivity contribution < 1.29 is 9.53 Å². The first-order valence-corrected chi connectivity index (χ1v) is 4.27. The van der Waals surface area contributed by atoms with Gasteiger partial charge in [-0.15, -0.1) is 0 Å². The van der Waals surface area contributed by atoms with Crippen LogP contribution in [-0.4, -0.2) is 19.1 Å². The maximum absolute atomic E-state index is 11.2. The van der Waals surface area contributed by atoms with Crippen LogP contribution in [0, 0.1) is 11.3 Å². The quantitative estimate of drug-likeness (QED) is 0.751. The van der Waals surface area contributed by atoms with E-state index in [2.05, 4.69) is 5.32 Å². The second-order valence-corrected chi connectivity index (χ2v) is 2.82. The summed E-state index contributed by atoms with van der Waals surface area (Å²) in [5, 5.41) is 10.9. The molecule has 0 saturated carbocycles. The standard InChI is InChI=1S/C10H11N3O2/c1-15-8-4-2-7(3-5-8)13-10(14)9(12)6-11/h2-5,9H,12H2,1H3,(H,13,14)/t9-/m0/s1. The van der Waals surface area contributed by atoms with E-state index >= 15 is 0 Å². The van der Waals surface area contributed by atoms with Crippen molar-refractivity contribution >= 4 is 11.6 Å². The normalized spacial score (nSPS) is 11.3. The van der Waals surface area contributed by atoms with Gasteiger partial charge in [-0.3, -0.25) is 4.79 Å². The maximum Gasteiger partial charge on any atom is 0.255 e. The molecule has 0 bridgehead atoms. The fraction of sp³-hybridized carbons (Fsp3) is 0.200. The highest BCUT2D eigenvalue weighted by molar-refractivity contribution is 5.96. The smallest absolute Gasteiger partial charge is 0.255 e. The zero-order chi connectivity index (χ0) is 11.3. The Morgan fingerprint density at radius 1 is 1.53 bits per heavy atom. The second-order valence-electron chi connectivity index (χ2n) is 2.82. The van der Waals surface area contributed by atoms with Gasteiger partial charge in [0.2, 0.25) is 0 Å². The lowest BCUT2D eigenvalue weighted by Gasteiger charge is -2.06. The molecule has 0 unspecified atom stereocenters. The molecule has 5 heteroatoms. The molecule has 0 spiro atoms. The minimum absolute atomic E-state index is 0.525. The molecule has 1 aromatic carbocycles. The molecule has 0 aliphatic carbocycles. The minimum atomic E-state index is -1.15. The number of methoxy groups -OCH3 is 1. The summed E-state index contributed by atoms with van der Waals surface area (Å²) in [7, 11) is 1.55. The summed E-state index contributed by atoms with van der Waals surface area (Å²) in [5.74, 6) is 0.167. The van der Waals surface area contributed by atoms with Crippen LogP contribution >= 0.6 is 0 Å². The lowest BCUT2D eigenvalue weighted by atomic mass is 10.2. The van der Waals surface area contributed by atoms with E-state index in [-0.39, 0.29) is 0 Å². The van der Waals surface area contributed by atoms with E-state index in [0.717, 1.165) is 0 Å². The number of ether oxygens (including phenoxy) is 1. The molecule has 0 aromatic heterocycles. The number of amides is 1. The van der Waals surface area contributed by atoms with Gasteiger partial charge >= 0.3 is 0 Å². The Hall–Kier alpha value is -2.06. The van der Waals surface area contributed by atoms with Crippen molar-refractivity contribution in [3.05, 3.63) is 24.3 Å². The Labute approximate surface area is 87.4 Å². The van der Waals surface area contributed by atoms with Gasteiger partial charge in [0.15, 0.2) is 6.04 Å². The van der Waals surface area contributed by atoms with E-state index in [1.807, 2.05) is 0 Å². The molecule has 78 valence electrons. The number of hydrogen-bond donors (Lipinski definition) is 2. The molecular weight excluding hydrogens is 194 g/mol. The summed E-state index contributed by atoms with van der Waals surface area (Å²) in [5.41, 5.74) is 5.80. The Morgan fingerprint density at radius 2 is 2.13 bits per heavy atom. The average molecular weight is 205 g/mol. The van der Waals surface area contributed by atoms with Crippen LogP contribution < -0.4 is 15.8 Å².